The summed E-state index contributed by atoms with van der Waals surface area (Å²) in [5.74, 6) is 0.903. The summed E-state index contributed by atoms with van der Waals surface area (Å²) in [7, 11) is 3.32. The second-order valence-corrected chi connectivity index (χ2v) is 5.65. The molecule has 0 saturated carbocycles. The van der Waals surface area contributed by atoms with Gasteiger partial charge in [0.25, 0.3) is 0 Å². The summed E-state index contributed by atoms with van der Waals surface area (Å²) in [4.78, 5) is 16.2. The van der Waals surface area contributed by atoms with Crippen LogP contribution in [0, 0.1) is 0 Å². The second kappa shape index (κ2) is 9.37. The molecule has 0 atom stereocenters. The van der Waals surface area contributed by atoms with Gasteiger partial charge in [0.1, 0.15) is 5.75 Å². The molecule has 2 amide bonds. The Labute approximate surface area is 138 Å². The number of nitrogens with zero attached hydrogens (tertiary/aromatic N) is 2. The number of carbonyl (C=O) groups is 1. The first-order valence-corrected chi connectivity index (χ1v) is 8.10. The van der Waals surface area contributed by atoms with Crippen molar-refractivity contribution in [3.63, 3.8) is 0 Å². The standard InChI is InChI=1S/C17H27N3O3/c1-22-13-7-18-17(21)20-11-9-19(10-12-20)8-6-15-4-3-5-16(14-15)23-2/h3-5,14H,6-13H2,1-2H3,(H,18,21). The number of nitrogens with one attached hydrogen (secondary N) is 1. The van der Waals surface area contributed by atoms with Crippen LogP contribution in [0.25, 0.3) is 0 Å². The summed E-state index contributed by atoms with van der Waals surface area (Å²) >= 11 is 0. The van der Waals surface area contributed by atoms with Gasteiger partial charge in [-0.15, -0.1) is 0 Å². The summed E-state index contributed by atoms with van der Waals surface area (Å²) in [6, 6.07) is 8.21. The number of hydrogen-bond acceptors (Lipinski definition) is 4. The average molecular weight is 321 g/mol. The number of benzene rings is 1. The molecule has 23 heavy (non-hydrogen) atoms. The maximum Gasteiger partial charge on any atom is 0.317 e. The molecular weight excluding hydrogens is 294 g/mol. The van der Waals surface area contributed by atoms with E-state index in [9.17, 15) is 4.79 Å². The maximum absolute atomic E-state index is 12.0. The first-order chi connectivity index (χ1) is 11.2. The van der Waals surface area contributed by atoms with Gasteiger partial charge < -0.3 is 19.7 Å². The van der Waals surface area contributed by atoms with Gasteiger partial charge in [0.2, 0.25) is 0 Å². The van der Waals surface area contributed by atoms with E-state index in [1.165, 1.54) is 5.56 Å². The third kappa shape index (κ3) is 5.73. The summed E-state index contributed by atoms with van der Waals surface area (Å²) in [6.07, 6.45) is 0.997. The van der Waals surface area contributed by atoms with E-state index in [1.807, 2.05) is 17.0 Å². The Hall–Kier alpha value is -1.79. The van der Waals surface area contributed by atoms with Gasteiger partial charge in [0.05, 0.1) is 13.7 Å². The fourth-order valence-electron chi connectivity index (χ4n) is 2.66. The fraction of sp³-hybridized carbons (Fsp3) is 0.588. The molecular formula is C17H27N3O3. The molecule has 1 aliphatic rings. The van der Waals surface area contributed by atoms with Crippen molar-refractivity contribution in [2.45, 2.75) is 6.42 Å². The average Bonchev–Trinajstić information content (AvgIpc) is 2.60. The minimum absolute atomic E-state index is 0.00879. The monoisotopic (exact) mass is 321 g/mol. The van der Waals surface area contributed by atoms with E-state index >= 15 is 0 Å². The van der Waals surface area contributed by atoms with Crippen molar-refractivity contribution in [3.8, 4) is 5.75 Å². The summed E-state index contributed by atoms with van der Waals surface area (Å²) in [5.41, 5.74) is 1.28. The molecule has 1 heterocycles. The van der Waals surface area contributed by atoms with Gasteiger partial charge in [0.15, 0.2) is 0 Å². The van der Waals surface area contributed by atoms with Gasteiger partial charge >= 0.3 is 6.03 Å². The lowest BCUT2D eigenvalue weighted by molar-refractivity contribution is 0.136. The SMILES string of the molecule is COCCNC(=O)N1CCN(CCc2cccc(OC)c2)CC1. The maximum atomic E-state index is 12.0. The van der Waals surface area contributed by atoms with Crippen molar-refractivity contribution in [1.29, 1.82) is 0 Å². The van der Waals surface area contributed by atoms with Crippen molar-refractivity contribution < 1.29 is 14.3 Å². The highest BCUT2D eigenvalue weighted by atomic mass is 16.5. The molecule has 6 nitrogen and oxygen atoms in total. The summed E-state index contributed by atoms with van der Waals surface area (Å²) in [6.45, 7) is 5.50. The van der Waals surface area contributed by atoms with Crippen molar-refractivity contribution >= 4 is 6.03 Å². The van der Waals surface area contributed by atoms with Crippen LogP contribution in [0.5, 0.6) is 5.75 Å². The van der Waals surface area contributed by atoms with Crippen LogP contribution in [-0.2, 0) is 11.2 Å². The van der Waals surface area contributed by atoms with E-state index < -0.39 is 0 Å². The normalized spacial score (nSPS) is 15.5. The van der Waals surface area contributed by atoms with Gasteiger partial charge in [-0.3, -0.25) is 4.90 Å². The smallest absolute Gasteiger partial charge is 0.317 e. The minimum Gasteiger partial charge on any atom is -0.497 e. The van der Waals surface area contributed by atoms with Crippen molar-refractivity contribution in [1.82, 2.24) is 15.1 Å². The van der Waals surface area contributed by atoms with Crippen molar-refractivity contribution in [2.24, 2.45) is 0 Å². The Morgan fingerprint density at radius 1 is 1.22 bits per heavy atom. The lowest BCUT2D eigenvalue weighted by atomic mass is 10.1. The first-order valence-electron chi connectivity index (χ1n) is 8.10. The number of carbonyl (C=O) groups excluding carboxylic acids is 1. The van der Waals surface area contributed by atoms with Gasteiger partial charge in [-0.05, 0) is 24.1 Å². The molecule has 1 aromatic carbocycles. The molecule has 6 heteroatoms. The zero-order valence-electron chi connectivity index (χ0n) is 14.1. The molecule has 1 aromatic rings. The van der Waals surface area contributed by atoms with Crippen LogP contribution >= 0.6 is 0 Å². The molecule has 1 saturated heterocycles. The molecule has 0 aliphatic carbocycles. The predicted octanol–water partition coefficient (Wildman–Crippen LogP) is 1.21. The van der Waals surface area contributed by atoms with E-state index in [-0.39, 0.29) is 6.03 Å². The minimum atomic E-state index is 0.00879. The van der Waals surface area contributed by atoms with E-state index in [2.05, 4.69) is 22.3 Å². The molecule has 0 aromatic heterocycles. The molecule has 0 radical (unpaired) electrons. The van der Waals surface area contributed by atoms with Gasteiger partial charge in [-0.1, -0.05) is 12.1 Å². The number of rotatable bonds is 7. The van der Waals surface area contributed by atoms with E-state index in [4.69, 9.17) is 9.47 Å². The van der Waals surface area contributed by atoms with Crippen LogP contribution in [0.1, 0.15) is 5.56 Å². The Balaban J connectivity index is 1.69. The zero-order valence-corrected chi connectivity index (χ0v) is 14.1. The summed E-state index contributed by atoms with van der Waals surface area (Å²) in [5, 5.41) is 2.87. The van der Waals surface area contributed by atoms with E-state index in [0.29, 0.717) is 13.2 Å². The lowest BCUT2D eigenvalue weighted by Crippen LogP contribution is -2.52. The quantitative estimate of drug-likeness (QED) is 0.767. The Kier molecular flexibility index (Phi) is 7.16. The van der Waals surface area contributed by atoms with Crippen LogP contribution in [0.15, 0.2) is 24.3 Å². The lowest BCUT2D eigenvalue weighted by Gasteiger charge is -2.34. The van der Waals surface area contributed by atoms with Gasteiger partial charge in [-0.2, -0.15) is 0 Å². The molecule has 0 unspecified atom stereocenters. The van der Waals surface area contributed by atoms with Crippen LogP contribution in [0.4, 0.5) is 4.79 Å². The molecule has 1 N–H and O–H groups in total. The number of ether oxygens (including phenoxy) is 2. The van der Waals surface area contributed by atoms with Crippen LogP contribution in [0.3, 0.4) is 0 Å². The Bertz CT molecular complexity index is 488. The number of amides is 2. The largest absolute Gasteiger partial charge is 0.497 e. The zero-order chi connectivity index (χ0) is 16.5. The topological polar surface area (TPSA) is 54.0 Å². The predicted molar refractivity (Wildman–Crippen MR) is 90.0 cm³/mol. The number of hydrogen-bond donors (Lipinski definition) is 1. The van der Waals surface area contributed by atoms with Crippen molar-refractivity contribution in [2.75, 3.05) is 60.1 Å². The third-order valence-electron chi connectivity index (χ3n) is 4.09. The molecule has 0 bridgehead atoms. The Morgan fingerprint density at radius 3 is 2.70 bits per heavy atom. The molecule has 1 fully saturated rings. The highest BCUT2D eigenvalue weighted by Gasteiger charge is 2.20. The fourth-order valence-corrected chi connectivity index (χ4v) is 2.66. The van der Waals surface area contributed by atoms with E-state index in [1.54, 1.807) is 14.2 Å². The highest BCUT2D eigenvalue weighted by Crippen LogP contribution is 2.13. The van der Waals surface area contributed by atoms with Crippen LogP contribution < -0.4 is 10.1 Å². The molecule has 1 aliphatic heterocycles. The molecule has 2 rings (SSSR count). The highest BCUT2D eigenvalue weighted by molar-refractivity contribution is 5.74. The van der Waals surface area contributed by atoms with E-state index in [0.717, 1.165) is 44.9 Å². The van der Waals surface area contributed by atoms with Crippen molar-refractivity contribution in [3.05, 3.63) is 29.8 Å². The Morgan fingerprint density at radius 2 is 2.00 bits per heavy atom. The number of methoxy groups -OCH3 is 2. The number of urea groups is 1. The summed E-state index contributed by atoms with van der Waals surface area (Å²) < 4.78 is 10.2. The molecule has 128 valence electrons. The number of piperazine rings is 1. The van der Waals surface area contributed by atoms with Gasteiger partial charge in [-0.25, -0.2) is 4.79 Å². The van der Waals surface area contributed by atoms with Gasteiger partial charge in [0, 0.05) is 46.4 Å². The third-order valence-corrected chi connectivity index (χ3v) is 4.09. The first kappa shape index (κ1) is 17.6. The molecule has 0 spiro atoms. The van der Waals surface area contributed by atoms with Crippen LogP contribution in [-0.4, -0.2) is 75.9 Å². The second-order valence-electron chi connectivity index (χ2n) is 5.65. The van der Waals surface area contributed by atoms with Crippen LogP contribution in [0.2, 0.25) is 0 Å².